The van der Waals surface area contributed by atoms with E-state index in [1.165, 1.54) is 17.0 Å². The number of hydroxylamine groups is 2. The van der Waals surface area contributed by atoms with Gasteiger partial charge in [0, 0.05) is 13.1 Å². The maximum Gasteiger partial charge on any atom is 0.352 e. The SMILES string of the molecule is O=C(CN1CCCNC1=O)ON1C(=O)c2ccccc2C1=O. The molecule has 8 nitrogen and oxygen atoms in total. The first-order valence-corrected chi connectivity index (χ1v) is 6.79. The highest BCUT2D eigenvalue weighted by atomic mass is 16.7. The van der Waals surface area contributed by atoms with E-state index >= 15 is 0 Å². The van der Waals surface area contributed by atoms with Crippen LogP contribution in [0.15, 0.2) is 24.3 Å². The second-order valence-corrected chi connectivity index (χ2v) is 4.92. The second kappa shape index (κ2) is 5.47. The molecule has 2 heterocycles. The summed E-state index contributed by atoms with van der Waals surface area (Å²) in [5.74, 6) is -2.21. The van der Waals surface area contributed by atoms with Crippen molar-refractivity contribution in [2.75, 3.05) is 19.6 Å². The molecule has 4 amide bonds. The number of carbonyl (C=O) groups is 4. The van der Waals surface area contributed by atoms with E-state index in [0.717, 1.165) is 0 Å². The van der Waals surface area contributed by atoms with Crippen LogP contribution in [0.2, 0.25) is 0 Å². The fourth-order valence-corrected chi connectivity index (χ4v) is 2.37. The van der Waals surface area contributed by atoms with Crippen LogP contribution in [-0.4, -0.2) is 53.4 Å². The summed E-state index contributed by atoms with van der Waals surface area (Å²) in [5.41, 5.74) is 0.382. The van der Waals surface area contributed by atoms with E-state index in [9.17, 15) is 19.2 Å². The minimum Gasteiger partial charge on any atom is -0.338 e. The molecule has 1 saturated heterocycles. The molecule has 22 heavy (non-hydrogen) atoms. The summed E-state index contributed by atoms with van der Waals surface area (Å²) in [5, 5.41) is 3.03. The lowest BCUT2D eigenvalue weighted by Crippen LogP contribution is -2.49. The van der Waals surface area contributed by atoms with Crippen LogP contribution in [0, 0.1) is 0 Å². The molecule has 1 aromatic rings. The van der Waals surface area contributed by atoms with E-state index in [0.29, 0.717) is 24.6 Å². The highest BCUT2D eigenvalue weighted by Gasteiger charge is 2.39. The zero-order chi connectivity index (χ0) is 15.7. The summed E-state index contributed by atoms with van der Waals surface area (Å²) in [6, 6.07) is 5.84. The van der Waals surface area contributed by atoms with Gasteiger partial charge in [-0.2, -0.15) is 0 Å². The van der Waals surface area contributed by atoms with Gasteiger partial charge in [-0.15, -0.1) is 0 Å². The Morgan fingerprint density at radius 2 is 1.77 bits per heavy atom. The van der Waals surface area contributed by atoms with Crippen molar-refractivity contribution in [1.29, 1.82) is 0 Å². The molecule has 0 atom stereocenters. The molecule has 1 fully saturated rings. The van der Waals surface area contributed by atoms with Crippen molar-refractivity contribution < 1.29 is 24.0 Å². The van der Waals surface area contributed by atoms with Crippen molar-refractivity contribution in [3.63, 3.8) is 0 Å². The summed E-state index contributed by atoms with van der Waals surface area (Å²) in [6.07, 6.45) is 0.714. The smallest absolute Gasteiger partial charge is 0.338 e. The lowest BCUT2D eigenvalue weighted by molar-refractivity contribution is -0.169. The Kier molecular flexibility index (Phi) is 3.50. The Morgan fingerprint density at radius 3 is 2.36 bits per heavy atom. The molecule has 0 radical (unpaired) electrons. The highest BCUT2D eigenvalue weighted by molar-refractivity contribution is 6.20. The summed E-state index contributed by atoms with van der Waals surface area (Å²) in [4.78, 5) is 53.6. The maximum absolute atomic E-state index is 12.0. The van der Waals surface area contributed by atoms with E-state index in [-0.39, 0.29) is 23.7 Å². The first-order valence-electron chi connectivity index (χ1n) is 6.79. The van der Waals surface area contributed by atoms with Gasteiger partial charge in [0.25, 0.3) is 11.8 Å². The summed E-state index contributed by atoms with van der Waals surface area (Å²) < 4.78 is 0. The molecule has 0 aromatic heterocycles. The summed E-state index contributed by atoms with van der Waals surface area (Å²) >= 11 is 0. The number of nitrogens with zero attached hydrogens (tertiary/aromatic N) is 2. The Hall–Kier alpha value is -2.90. The maximum atomic E-state index is 12.0. The normalized spacial score (nSPS) is 17.4. The van der Waals surface area contributed by atoms with Gasteiger partial charge in [-0.1, -0.05) is 17.2 Å². The van der Waals surface area contributed by atoms with Gasteiger partial charge in [-0.3, -0.25) is 9.59 Å². The minimum absolute atomic E-state index is 0.191. The van der Waals surface area contributed by atoms with Gasteiger partial charge >= 0.3 is 12.0 Å². The van der Waals surface area contributed by atoms with Crippen LogP contribution in [0.25, 0.3) is 0 Å². The predicted molar refractivity (Wildman–Crippen MR) is 72.6 cm³/mol. The topological polar surface area (TPSA) is 96.0 Å². The zero-order valence-corrected chi connectivity index (χ0v) is 11.6. The lowest BCUT2D eigenvalue weighted by atomic mass is 10.1. The van der Waals surface area contributed by atoms with E-state index in [1.807, 2.05) is 0 Å². The number of imide groups is 1. The third kappa shape index (κ3) is 2.39. The molecule has 1 aromatic carbocycles. The van der Waals surface area contributed by atoms with Crippen molar-refractivity contribution in [2.24, 2.45) is 0 Å². The van der Waals surface area contributed by atoms with Crippen LogP contribution in [0.3, 0.4) is 0 Å². The first-order chi connectivity index (χ1) is 10.6. The molecule has 2 aliphatic heterocycles. The Labute approximate surface area is 125 Å². The van der Waals surface area contributed by atoms with Gasteiger partial charge in [0.15, 0.2) is 0 Å². The van der Waals surface area contributed by atoms with E-state index in [2.05, 4.69) is 5.32 Å². The van der Waals surface area contributed by atoms with Crippen molar-refractivity contribution in [2.45, 2.75) is 6.42 Å². The molecule has 3 rings (SSSR count). The first kappa shape index (κ1) is 14.1. The third-order valence-corrected chi connectivity index (χ3v) is 3.44. The average Bonchev–Trinajstić information content (AvgIpc) is 2.75. The van der Waals surface area contributed by atoms with Gasteiger partial charge in [-0.25, -0.2) is 9.59 Å². The second-order valence-electron chi connectivity index (χ2n) is 4.92. The monoisotopic (exact) mass is 303 g/mol. The molecule has 2 aliphatic rings. The zero-order valence-electron chi connectivity index (χ0n) is 11.6. The van der Waals surface area contributed by atoms with E-state index < -0.39 is 17.8 Å². The number of fused-ring (bicyclic) bond motifs is 1. The molecule has 114 valence electrons. The average molecular weight is 303 g/mol. The number of benzene rings is 1. The molecule has 0 spiro atoms. The third-order valence-electron chi connectivity index (χ3n) is 3.44. The molecular formula is C14H13N3O5. The van der Waals surface area contributed by atoms with Crippen LogP contribution >= 0.6 is 0 Å². The Balaban J connectivity index is 1.67. The van der Waals surface area contributed by atoms with E-state index in [4.69, 9.17) is 4.84 Å². The van der Waals surface area contributed by atoms with E-state index in [1.54, 1.807) is 12.1 Å². The predicted octanol–water partition coefficient (Wildman–Crippen LogP) is 0.156. The van der Waals surface area contributed by atoms with Gasteiger partial charge in [-0.05, 0) is 18.6 Å². The van der Waals surface area contributed by atoms with Gasteiger partial charge in [0.2, 0.25) is 0 Å². The van der Waals surface area contributed by atoms with Crippen LogP contribution < -0.4 is 5.32 Å². The molecule has 0 saturated carbocycles. The number of rotatable bonds is 3. The van der Waals surface area contributed by atoms with Crippen molar-refractivity contribution in [3.8, 4) is 0 Å². The van der Waals surface area contributed by atoms with Gasteiger partial charge in [0.1, 0.15) is 6.54 Å². The highest BCUT2D eigenvalue weighted by Crippen LogP contribution is 2.22. The molecular weight excluding hydrogens is 290 g/mol. The van der Waals surface area contributed by atoms with Gasteiger partial charge in [0.05, 0.1) is 11.1 Å². The van der Waals surface area contributed by atoms with Gasteiger partial charge < -0.3 is 15.1 Å². The van der Waals surface area contributed by atoms with Crippen LogP contribution in [0.5, 0.6) is 0 Å². The van der Waals surface area contributed by atoms with Crippen molar-refractivity contribution in [3.05, 3.63) is 35.4 Å². The number of hydrogen-bond acceptors (Lipinski definition) is 5. The number of carbonyl (C=O) groups excluding carboxylic acids is 4. The quantitative estimate of drug-likeness (QED) is 0.802. The Morgan fingerprint density at radius 1 is 1.14 bits per heavy atom. The standard InChI is InChI=1S/C14H13N3O5/c18-11(8-16-7-3-6-15-14(16)21)22-17-12(19)9-4-1-2-5-10(9)13(17)20/h1-2,4-5H,3,6-8H2,(H,15,21). The van der Waals surface area contributed by atoms with Crippen LogP contribution in [0.1, 0.15) is 27.1 Å². The fraction of sp³-hybridized carbons (Fsp3) is 0.286. The molecule has 0 unspecified atom stereocenters. The molecule has 0 aliphatic carbocycles. The van der Waals surface area contributed by atoms with Crippen LogP contribution in [0.4, 0.5) is 4.79 Å². The summed E-state index contributed by atoms with van der Waals surface area (Å²) in [7, 11) is 0. The van der Waals surface area contributed by atoms with Crippen molar-refractivity contribution in [1.82, 2.24) is 15.3 Å². The minimum atomic E-state index is -0.841. The fourth-order valence-electron chi connectivity index (χ4n) is 2.37. The van der Waals surface area contributed by atoms with Crippen LogP contribution in [-0.2, 0) is 9.63 Å². The largest absolute Gasteiger partial charge is 0.352 e. The number of urea groups is 1. The lowest BCUT2D eigenvalue weighted by Gasteiger charge is -2.26. The Bertz CT molecular complexity index is 637. The summed E-state index contributed by atoms with van der Waals surface area (Å²) in [6.45, 7) is 0.658. The molecule has 1 N–H and O–H groups in total. The number of nitrogens with one attached hydrogen (secondary N) is 1. The molecule has 0 bridgehead atoms. The number of amides is 4. The number of hydrogen-bond donors (Lipinski definition) is 1. The van der Waals surface area contributed by atoms with Crippen molar-refractivity contribution >= 4 is 23.8 Å². The molecule has 8 heteroatoms.